The lowest BCUT2D eigenvalue weighted by atomic mass is 9.68. The number of ether oxygens (including phenoxy) is 1. The van der Waals surface area contributed by atoms with Crippen LogP contribution >= 0.6 is 0 Å². The number of cyclic esters (lactones) is 1. The number of carbonyl (C=O) groups is 1. The number of hydrogen-bond donors (Lipinski definition) is 0. The predicted octanol–water partition coefficient (Wildman–Crippen LogP) is 1.99. The van der Waals surface area contributed by atoms with Crippen LogP contribution in [0.4, 0.5) is 0 Å². The van der Waals surface area contributed by atoms with Gasteiger partial charge in [0.2, 0.25) is 0 Å². The number of fused-ring (bicyclic) bond motifs is 3. The monoisotopic (exact) mass is 180 g/mol. The van der Waals surface area contributed by atoms with Crippen LogP contribution < -0.4 is 0 Å². The third kappa shape index (κ3) is 0.918. The fourth-order valence-electron chi connectivity index (χ4n) is 4.11. The first kappa shape index (κ1) is 7.84. The van der Waals surface area contributed by atoms with E-state index in [1.54, 1.807) is 0 Å². The molecule has 3 fully saturated rings. The summed E-state index contributed by atoms with van der Waals surface area (Å²) in [6.45, 7) is 3.06. The van der Waals surface area contributed by atoms with E-state index in [4.69, 9.17) is 4.74 Å². The number of esters is 1. The van der Waals surface area contributed by atoms with Gasteiger partial charge in [-0.25, -0.2) is 0 Å². The summed E-state index contributed by atoms with van der Waals surface area (Å²) < 4.78 is 5.15. The molecule has 3 rings (SSSR count). The van der Waals surface area contributed by atoms with Crippen molar-refractivity contribution >= 4 is 5.97 Å². The van der Waals surface area contributed by atoms with Gasteiger partial charge < -0.3 is 4.74 Å². The van der Waals surface area contributed by atoms with Gasteiger partial charge in [0.15, 0.2) is 0 Å². The zero-order valence-corrected chi connectivity index (χ0v) is 8.08. The van der Waals surface area contributed by atoms with E-state index in [9.17, 15) is 4.79 Å². The second-order valence-corrected chi connectivity index (χ2v) is 5.33. The molecule has 0 aromatic rings. The zero-order valence-electron chi connectivity index (χ0n) is 8.08. The first-order valence-electron chi connectivity index (χ1n) is 5.35. The van der Waals surface area contributed by atoms with E-state index in [0.717, 1.165) is 24.4 Å². The highest BCUT2D eigenvalue weighted by Crippen LogP contribution is 2.61. The van der Waals surface area contributed by atoms with Gasteiger partial charge >= 0.3 is 5.97 Å². The minimum atomic E-state index is 0.0414. The average molecular weight is 180 g/mol. The third-order valence-electron chi connectivity index (χ3n) is 4.48. The maximum atomic E-state index is 11.2. The average Bonchev–Trinajstić information content (AvgIpc) is 2.66. The van der Waals surface area contributed by atoms with Crippen LogP contribution in [0.1, 0.15) is 32.6 Å². The molecule has 2 aliphatic carbocycles. The number of hydrogen-bond acceptors (Lipinski definition) is 2. The van der Waals surface area contributed by atoms with Crippen molar-refractivity contribution in [3.05, 3.63) is 0 Å². The Morgan fingerprint density at radius 3 is 2.85 bits per heavy atom. The molecule has 0 radical (unpaired) electrons. The Bertz CT molecular complexity index is 261. The fourth-order valence-corrected chi connectivity index (χ4v) is 4.11. The van der Waals surface area contributed by atoms with E-state index >= 15 is 0 Å². The zero-order chi connectivity index (χ0) is 9.05. The minimum Gasteiger partial charge on any atom is -0.465 e. The van der Waals surface area contributed by atoms with Crippen molar-refractivity contribution in [1.82, 2.24) is 0 Å². The van der Waals surface area contributed by atoms with Gasteiger partial charge in [-0.1, -0.05) is 6.92 Å². The molecule has 0 amide bonds. The van der Waals surface area contributed by atoms with Gasteiger partial charge in [-0.15, -0.1) is 0 Å². The van der Waals surface area contributed by atoms with E-state index < -0.39 is 0 Å². The summed E-state index contributed by atoms with van der Waals surface area (Å²) in [6, 6.07) is 0. The Hall–Kier alpha value is -0.530. The number of rotatable bonds is 0. The molecule has 2 nitrogen and oxygen atoms in total. The molecule has 0 aromatic heterocycles. The van der Waals surface area contributed by atoms with Crippen molar-refractivity contribution in [2.24, 2.45) is 23.2 Å². The second-order valence-electron chi connectivity index (χ2n) is 5.33. The Morgan fingerprint density at radius 2 is 2.31 bits per heavy atom. The normalized spacial score (nSPS) is 53.3. The standard InChI is InChI=1S/C11H16O2/c1-7-2-8-3-9(7)11(4-8)5-10(12)13-6-11/h7-9H,2-6H2,1H3. The van der Waals surface area contributed by atoms with Crippen molar-refractivity contribution in [2.45, 2.75) is 32.6 Å². The fraction of sp³-hybridized carbons (Fsp3) is 0.909. The highest BCUT2D eigenvalue weighted by Gasteiger charge is 2.57. The molecule has 4 atom stereocenters. The van der Waals surface area contributed by atoms with E-state index in [1.165, 1.54) is 19.3 Å². The summed E-state index contributed by atoms with van der Waals surface area (Å²) in [6.07, 6.45) is 4.71. The van der Waals surface area contributed by atoms with Crippen LogP contribution in [-0.4, -0.2) is 12.6 Å². The van der Waals surface area contributed by atoms with Crippen LogP contribution in [-0.2, 0) is 9.53 Å². The van der Waals surface area contributed by atoms with E-state index in [2.05, 4.69) is 6.92 Å². The van der Waals surface area contributed by atoms with E-state index in [0.29, 0.717) is 6.42 Å². The van der Waals surface area contributed by atoms with Gasteiger partial charge in [0.05, 0.1) is 13.0 Å². The van der Waals surface area contributed by atoms with Crippen LogP contribution in [0.5, 0.6) is 0 Å². The smallest absolute Gasteiger partial charge is 0.306 e. The number of carbonyl (C=O) groups excluding carboxylic acids is 1. The van der Waals surface area contributed by atoms with Crippen LogP contribution in [0.25, 0.3) is 0 Å². The molecule has 4 unspecified atom stereocenters. The molecular weight excluding hydrogens is 164 g/mol. The predicted molar refractivity (Wildman–Crippen MR) is 48.0 cm³/mol. The molecule has 1 saturated heterocycles. The summed E-state index contributed by atoms with van der Waals surface area (Å²) in [5, 5.41) is 0. The summed E-state index contributed by atoms with van der Waals surface area (Å²) in [5.41, 5.74) is 0.277. The summed E-state index contributed by atoms with van der Waals surface area (Å²) in [5.74, 6) is 2.55. The Kier molecular flexibility index (Phi) is 1.38. The van der Waals surface area contributed by atoms with E-state index in [-0.39, 0.29) is 11.4 Å². The van der Waals surface area contributed by atoms with Crippen LogP contribution in [0.2, 0.25) is 0 Å². The Balaban J connectivity index is 1.90. The summed E-state index contributed by atoms with van der Waals surface area (Å²) in [4.78, 5) is 11.2. The molecule has 0 aromatic carbocycles. The van der Waals surface area contributed by atoms with Gasteiger partial charge in [0, 0.05) is 5.41 Å². The van der Waals surface area contributed by atoms with Gasteiger partial charge in [0.25, 0.3) is 0 Å². The van der Waals surface area contributed by atoms with Gasteiger partial charge in [0.1, 0.15) is 0 Å². The van der Waals surface area contributed by atoms with Gasteiger partial charge in [-0.2, -0.15) is 0 Å². The third-order valence-corrected chi connectivity index (χ3v) is 4.48. The molecule has 72 valence electrons. The molecule has 1 aliphatic heterocycles. The molecule has 3 aliphatic rings. The quantitative estimate of drug-likeness (QED) is 0.533. The van der Waals surface area contributed by atoms with Crippen molar-refractivity contribution < 1.29 is 9.53 Å². The van der Waals surface area contributed by atoms with Gasteiger partial charge in [-0.05, 0) is 37.0 Å². The molecule has 1 heterocycles. The maximum absolute atomic E-state index is 11.2. The largest absolute Gasteiger partial charge is 0.465 e. The van der Waals surface area contributed by atoms with Crippen molar-refractivity contribution in [3.63, 3.8) is 0 Å². The SMILES string of the molecule is CC1CC2CC1C1(COC(=O)C1)C2. The minimum absolute atomic E-state index is 0.0414. The molecule has 2 heteroatoms. The topological polar surface area (TPSA) is 26.3 Å². The van der Waals surface area contributed by atoms with Gasteiger partial charge in [-0.3, -0.25) is 4.79 Å². The van der Waals surface area contributed by atoms with Crippen LogP contribution in [0.3, 0.4) is 0 Å². The Labute approximate surface area is 78.6 Å². The molecule has 13 heavy (non-hydrogen) atoms. The lowest BCUT2D eigenvalue weighted by Crippen LogP contribution is -2.32. The first-order chi connectivity index (χ1) is 6.20. The second kappa shape index (κ2) is 2.28. The molecule has 1 spiro atoms. The molecular formula is C11H16O2. The van der Waals surface area contributed by atoms with Crippen molar-refractivity contribution in [2.75, 3.05) is 6.61 Å². The lowest BCUT2D eigenvalue weighted by Gasteiger charge is -2.34. The van der Waals surface area contributed by atoms with Crippen molar-refractivity contribution in [1.29, 1.82) is 0 Å². The highest BCUT2D eigenvalue weighted by atomic mass is 16.5. The van der Waals surface area contributed by atoms with Crippen molar-refractivity contribution in [3.8, 4) is 0 Å². The Morgan fingerprint density at radius 1 is 1.46 bits per heavy atom. The highest BCUT2D eigenvalue weighted by molar-refractivity contribution is 5.72. The molecule has 2 bridgehead atoms. The van der Waals surface area contributed by atoms with Crippen LogP contribution in [0, 0.1) is 23.2 Å². The molecule has 0 N–H and O–H groups in total. The van der Waals surface area contributed by atoms with Crippen LogP contribution in [0.15, 0.2) is 0 Å². The first-order valence-corrected chi connectivity index (χ1v) is 5.35. The maximum Gasteiger partial charge on any atom is 0.306 e. The molecule has 2 saturated carbocycles. The lowest BCUT2D eigenvalue weighted by molar-refractivity contribution is -0.137. The summed E-state index contributed by atoms with van der Waals surface area (Å²) >= 11 is 0. The van der Waals surface area contributed by atoms with E-state index in [1.807, 2.05) is 0 Å². The summed E-state index contributed by atoms with van der Waals surface area (Å²) in [7, 11) is 0.